The molecule has 0 unspecified atom stereocenters. The lowest BCUT2D eigenvalue weighted by Gasteiger charge is -2.34. The summed E-state index contributed by atoms with van der Waals surface area (Å²) in [5, 5.41) is 9.09. The van der Waals surface area contributed by atoms with Crippen molar-refractivity contribution >= 4 is 17.2 Å². The maximum absolute atomic E-state index is 9.09. The summed E-state index contributed by atoms with van der Waals surface area (Å²) in [6, 6.07) is 0. The van der Waals surface area contributed by atoms with Crippen molar-refractivity contribution in [3.8, 4) is 0 Å². The van der Waals surface area contributed by atoms with E-state index in [0.29, 0.717) is 18.2 Å². The van der Waals surface area contributed by atoms with Crippen LogP contribution >= 0.6 is 12.2 Å². The third-order valence-corrected chi connectivity index (χ3v) is 2.71. The Bertz CT molecular complexity index is 155. The summed E-state index contributed by atoms with van der Waals surface area (Å²) in [7, 11) is 0. The highest BCUT2D eigenvalue weighted by Gasteiger charge is 2.34. The van der Waals surface area contributed by atoms with Crippen LogP contribution in [-0.4, -0.2) is 29.9 Å². The molecular formula is C7H13NO2S. The Labute approximate surface area is 71.5 Å². The van der Waals surface area contributed by atoms with Crippen LogP contribution < -0.4 is 5.73 Å². The predicted octanol–water partition coefficient (Wildman–Crippen LogP) is 0.0616. The lowest BCUT2D eigenvalue weighted by atomic mass is 9.81. The van der Waals surface area contributed by atoms with E-state index in [4.69, 9.17) is 27.8 Å². The summed E-state index contributed by atoms with van der Waals surface area (Å²) in [6.45, 7) is 1.35. The number of thiocarbonyl (C=S) groups is 1. The van der Waals surface area contributed by atoms with Crippen LogP contribution in [0, 0.1) is 5.41 Å². The number of ether oxygens (including phenoxy) is 1. The van der Waals surface area contributed by atoms with Crippen LogP contribution in [0.4, 0.5) is 0 Å². The molecule has 1 rings (SSSR count). The Balaban J connectivity index is 2.64. The van der Waals surface area contributed by atoms with Crippen LogP contribution in [0.5, 0.6) is 0 Å². The molecule has 0 aromatic rings. The summed E-state index contributed by atoms with van der Waals surface area (Å²) < 4.78 is 5.15. The van der Waals surface area contributed by atoms with E-state index in [1.165, 1.54) is 0 Å². The number of aliphatic hydroxyl groups is 1. The van der Waals surface area contributed by atoms with Gasteiger partial charge >= 0.3 is 0 Å². The summed E-state index contributed by atoms with van der Waals surface area (Å²) >= 11 is 4.89. The van der Waals surface area contributed by atoms with Crippen molar-refractivity contribution < 1.29 is 9.84 Å². The van der Waals surface area contributed by atoms with Crippen molar-refractivity contribution in [3.05, 3.63) is 0 Å². The minimum Gasteiger partial charge on any atom is -0.395 e. The number of hydrogen-bond acceptors (Lipinski definition) is 3. The molecule has 0 spiro atoms. The van der Waals surface area contributed by atoms with E-state index >= 15 is 0 Å². The van der Waals surface area contributed by atoms with Gasteiger partial charge in [-0.15, -0.1) is 0 Å². The molecule has 1 fully saturated rings. The van der Waals surface area contributed by atoms with Gasteiger partial charge in [0, 0.05) is 18.6 Å². The van der Waals surface area contributed by atoms with Crippen molar-refractivity contribution in [1.82, 2.24) is 0 Å². The van der Waals surface area contributed by atoms with Gasteiger partial charge in [0.1, 0.15) is 0 Å². The molecule has 0 bridgehead atoms. The Kier molecular flexibility index (Phi) is 2.81. The molecule has 0 amide bonds. The highest BCUT2D eigenvalue weighted by Crippen LogP contribution is 2.29. The van der Waals surface area contributed by atoms with Crippen LogP contribution in [0.25, 0.3) is 0 Å². The van der Waals surface area contributed by atoms with E-state index in [1.54, 1.807) is 0 Å². The molecule has 1 aliphatic rings. The summed E-state index contributed by atoms with van der Waals surface area (Å²) in [5.74, 6) is 0. The van der Waals surface area contributed by atoms with Gasteiger partial charge in [0.25, 0.3) is 0 Å². The fourth-order valence-corrected chi connectivity index (χ4v) is 1.51. The van der Waals surface area contributed by atoms with Crippen LogP contribution in [0.3, 0.4) is 0 Å². The standard InChI is InChI=1S/C7H13NO2S/c8-6(11)7(5-9)1-3-10-4-2-7/h9H,1-5H2,(H2,8,11). The number of nitrogens with two attached hydrogens (primary N) is 1. The van der Waals surface area contributed by atoms with Crippen LogP contribution in [-0.2, 0) is 4.74 Å². The monoisotopic (exact) mass is 175 g/mol. The van der Waals surface area contributed by atoms with Crippen LogP contribution in [0.15, 0.2) is 0 Å². The molecular weight excluding hydrogens is 162 g/mol. The van der Waals surface area contributed by atoms with Gasteiger partial charge in [-0.3, -0.25) is 0 Å². The zero-order chi connectivity index (χ0) is 8.32. The molecule has 0 saturated carbocycles. The molecule has 11 heavy (non-hydrogen) atoms. The highest BCUT2D eigenvalue weighted by molar-refractivity contribution is 7.80. The average molecular weight is 175 g/mol. The maximum Gasteiger partial charge on any atom is 0.0815 e. The van der Waals surface area contributed by atoms with Gasteiger partial charge < -0.3 is 15.6 Å². The summed E-state index contributed by atoms with van der Waals surface area (Å²) in [5.41, 5.74) is 5.19. The van der Waals surface area contributed by atoms with Crippen molar-refractivity contribution in [2.45, 2.75) is 12.8 Å². The quantitative estimate of drug-likeness (QED) is 0.583. The largest absolute Gasteiger partial charge is 0.395 e. The van der Waals surface area contributed by atoms with Gasteiger partial charge in [-0.2, -0.15) is 0 Å². The molecule has 1 saturated heterocycles. The van der Waals surface area contributed by atoms with Gasteiger partial charge in [-0.05, 0) is 12.8 Å². The molecule has 0 aromatic heterocycles. The molecule has 3 N–H and O–H groups in total. The van der Waals surface area contributed by atoms with Gasteiger partial charge in [-0.25, -0.2) is 0 Å². The second-order valence-electron chi connectivity index (χ2n) is 2.92. The first-order chi connectivity index (χ1) is 5.21. The zero-order valence-electron chi connectivity index (χ0n) is 6.38. The molecule has 3 nitrogen and oxygen atoms in total. The van der Waals surface area contributed by atoms with Crippen LogP contribution in [0.1, 0.15) is 12.8 Å². The fourth-order valence-electron chi connectivity index (χ4n) is 1.24. The lowest BCUT2D eigenvalue weighted by Crippen LogP contribution is -2.43. The molecule has 0 aromatic carbocycles. The first kappa shape index (κ1) is 8.90. The fraction of sp³-hybridized carbons (Fsp3) is 0.857. The van der Waals surface area contributed by atoms with E-state index in [0.717, 1.165) is 12.8 Å². The summed E-state index contributed by atoms with van der Waals surface area (Å²) in [4.78, 5) is 0.420. The molecule has 0 radical (unpaired) electrons. The highest BCUT2D eigenvalue weighted by atomic mass is 32.1. The number of aliphatic hydroxyl groups excluding tert-OH is 1. The Morgan fingerprint density at radius 2 is 2.09 bits per heavy atom. The van der Waals surface area contributed by atoms with Gasteiger partial charge in [0.2, 0.25) is 0 Å². The summed E-state index contributed by atoms with van der Waals surface area (Å²) in [6.07, 6.45) is 1.50. The molecule has 0 aliphatic carbocycles. The SMILES string of the molecule is NC(=S)C1(CO)CCOCC1. The molecule has 1 aliphatic heterocycles. The van der Waals surface area contributed by atoms with E-state index in [1.807, 2.05) is 0 Å². The number of rotatable bonds is 2. The van der Waals surface area contributed by atoms with Crippen molar-refractivity contribution in [2.24, 2.45) is 11.1 Å². The van der Waals surface area contributed by atoms with E-state index in [9.17, 15) is 0 Å². The van der Waals surface area contributed by atoms with Gasteiger partial charge in [0.05, 0.1) is 11.6 Å². The molecule has 1 heterocycles. The minimum absolute atomic E-state index is 0.0473. The first-order valence-electron chi connectivity index (χ1n) is 3.70. The Morgan fingerprint density at radius 1 is 1.55 bits per heavy atom. The number of hydrogen-bond donors (Lipinski definition) is 2. The third-order valence-electron chi connectivity index (χ3n) is 2.28. The Morgan fingerprint density at radius 3 is 2.36 bits per heavy atom. The van der Waals surface area contributed by atoms with Gasteiger partial charge in [-0.1, -0.05) is 12.2 Å². The van der Waals surface area contributed by atoms with E-state index in [-0.39, 0.29) is 12.0 Å². The zero-order valence-corrected chi connectivity index (χ0v) is 7.19. The van der Waals surface area contributed by atoms with Crippen molar-refractivity contribution in [1.29, 1.82) is 0 Å². The second kappa shape index (κ2) is 3.47. The lowest BCUT2D eigenvalue weighted by molar-refractivity contribution is 0.0203. The topological polar surface area (TPSA) is 55.5 Å². The average Bonchev–Trinajstić information content (AvgIpc) is 2.05. The predicted molar refractivity (Wildman–Crippen MR) is 46.4 cm³/mol. The van der Waals surface area contributed by atoms with E-state index < -0.39 is 0 Å². The maximum atomic E-state index is 9.09. The molecule has 64 valence electrons. The van der Waals surface area contributed by atoms with Crippen molar-refractivity contribution in [3.63, 3.8) is 0 Å². The minimum atomic E-state index is -0.340. The first-order valence-corrected chi connectivity index (χ1v) is 4.11. The van der Waals surface area contributed by atoms with Gasteiger partial charge in [0.15, 0.2) is 0 Å². The van der Waals surface area contributed by atoms with Crippen LogP contribution in [0.2, 0.25) is 0 Å². The third kappa shape index (κ3) is 1.69. The van der Waals surface area contributed by atoms with Crippen molar-refractivity contribution in [2.75, 3.05) is 19.8 Å². The normalized spacial score (nSPS) is 23.0. The van der Waals surface area contributed by atoms with E-state index in [2.05, 4.69) is 0 Å². The Hall–Kier alpha value is -0.190. The molecule has 0 atom stereocenters. The smallest absolute Gasteiger partial charge is 0.0815 e. The second-order valence-corrected chi connectivity index (χ2v) is 3.35. The molecule has 4 heteroatoms.